The van der Waals surface area contributed by atoms with Gasteiger partial charge in [0.25, 0.3) is 0 Å². The zero-order valence-corrected chi connectivity index (χ0v) is 15.5. The van der Waals surface area contributed by atoms with E-state index < -0.39 is 6.03 Å². The van der Waals surface area contributed by atoms with Crippen LogP contribution in [0.3, 0.4) is 0 Å². The van der Waals surface area contributed by atoms with Crippen LogP contribution in [0.4, 0.5) is 22.1 Å². The molecule has 29 heavy (non-hydrogen) atoms. The number of pyridine rings is 1. The standard InChI is InChI=1S/C20H17N7O2/c1-12-6-7-22-16(8-12)26-20(29)25-15-4-2-13(3-5-15)17-14(10-28)9-27-18(17)19(21)23-11-24-27/h2-11H,1H3,(H2,21,23,24)(H2,22,25,26,29). The van der Waals surface area contributed by atoms with Crippen molar-refractivity contribution >= 4 is 35.2 Å². The molecule has 0 aliphatic heterocycles. The van der Waals surface area contributed by atoms with E-state index in [1.165, 1.54) is 10.8 Å². The summed E-state index contributed by atoms with van der Waals surface area (Å²) in [4.78, 5) is 31.8. The zero-order chi connectivity index (χ0) is 20.4. The Morgan fingerprint density at radius 2 is 1.93 bits per heavy atom. The van der Waals surface area contributed by atoms with Gasteiger partial charge >= 0.3 is 6.03 Å². The molecule has 0 spiro atoms. The van der Waals surface area contributed by atoms with Gasteiger partial charge in [0.05, 0.1) is 0 Å². The fourth-order valence-electron chi connectivity index (χ4n) is 3.05. The minimum absolute atomic E-state index is 0.273. The van der Waals surface area contributed by atoms with Gasteiger partial charge in [0, 0.05) is 29.2 Å². The van der Waals surface area contributed by atoms with Gasteiger partial charge in [-0.05, 0) is 42.3 Å². The molecule has 0 saturated heterocycles. The molecular weight excluding hydrogens is 370 g/mol. The molecule has 0 atom stereocenters. The molecule has 0 bridgehead atoms. The molecule has 0 saturated carbocycles. The van der Waals surface area contributed by atoms with E-state index >= 15 is 0 Å². The van der Waals surface area contributed by atoms with Gasteiger partial charge in [0.1, 0.15) is 17.7 Å². The normalized spacial score (nSPS) is 10.7. The predicted molar refractivity (Wildman–Crippen MR) is 110 cm³/mol. The summed E-state index contributed by atoms with van der Waals surface area (Å²) >= 11 is 0. The van der Waals surface area contributed by atoms with Crippen LogP contribution in [0, 0.1) is 6.92 Å². The Hall–Kier alpha value is -4.27. The van der Waals surface area contributed by atoms with E-state index in [0.29, 0.717) is 28.1 Å². The van der Waals surface area contributed by atoms with E-state index in [-0.39, 0.29) is 5.82 Å². The smallest absolute Gasteiger partial charge is 0.324 e. The molecule has 9 heteroatoms. The van der Waals surface area contributed by atoms with E-state index in [9.17, 15) is 9.59 Å². The first-order valence-electron chi connectivity index (χ1n) is 8.73. The topological polar surface area (TPSA) is 127 Å². The van der Waals surface area contributed by atoms with Crippen LogP contribution in [-0.4, -0.2) is 31.9 Å². The lowest BCUT2D eigenvalue weighted by Gasteiger charge is -2.09. The monoisotopic (exact) mass is 387 g/mol. The van der Waals surface area contributed by atoms with Crippen molar-refractivity contribution in [1.29, 1.82) is 0 Å². The molecule has 0 unspecified atom stereocenters. The van der Waals surface area contributed by atoms with Crippen LogP contribution in [-0.2, 0) is 0 Å². The second-order valence-electron chi connectivity index (χ2n) is 6.39. The lowest BCUT2D eigenvalue weighted by molar-refractivity contribution is 0.112. The van der Waals surface area contributed by atoms with E-state index in [1.807, 2.05) is 13.0 Å². The summed E-state index contributed by atoms with van der Waals surface area (Å²) in [6, 6.07) is 10.3. The van der Waals surface area contributed by atoms with Crippen LogP contribution in [0.15, 0.2) is 55.1 Å². The highest BCUT2D eigenvalue weighted by molar-refractivity contribution is 6.01. The SMILES string of the molecule is Cc1ccnc(NC(=O)Nc2ccc(-c3c(C=O)cn4ncnc(N)c34)cc2)c1. The lowest BCUT2D eigenvalue weighted by Crippen LogP contribution is -2.20. The average molecular weight is 387 g/mol. The third-order valence-electron chi connectivity index (χ3n) is 4.35. The number of hydrogen-bond donors (Lipinski definition) is 3. The maximum atomic E-state index is 12.2. The highest BCUT2D eigenvalue weighted by Crippen LogP contribution is 2.32. The van der Waals surface area contributed by atoms with E-state index in [0.717, 1.165) is 17.4 Å². The number of carbonyl (C=O) groups excluding carboxylic acids is 2. The molecule has 4 rings (SSSR count). The van der Waals surface area contributed by atoms with Crippen molar-refractivity contribution in [2.75, 3.05) is 16.4 Å². The Balaban J connectivity index is 1.58. The second kappa shape index (κ2) is 7.39. The molecule has 0 aliphatic carbocycles. The molecule has 0 radical (unpaired) electrons. The molecule has 0 aliphatic rings. The van der Waals surface area contributed by atoms with Crippen LogP contribution in [0.1, 0.15) is 15.9 Å². The Morgan fingerprint density at radius 3 is 2.66 bits per heavy atom. The maximum absolute atomic E-state index is 12.2. The first-order valence-corrected chi connectivity index (χ1v) is 8.73. The quantitative estimate of drug-likeness (QED) is 0.462. The number of fused-ring (bicyclic) bond motifs is 1. The number of nitrogen functional groups attached to an aromatic ring is 1. The number of nitrogens with one attached hydrogen (secondary N) is 2. The molecule has 3 aromatic heterocycles. The van der Waals surface area contributed by atoms with Gasteiger partial charge in [0.15, 0.2) is 12.1 Å². The van der Waals surface area contributed by atoms with Crippen molar-refractivity contribution in [3.05, 3.63) is 66.2 Å². The van der Waals surface area contributed by atoms with Crippen LogP contribution >= 0.6 is 0 Å². The highest BCUT2D eigenvalue weighted by Gasteiger charge is 2.16. The predicted octanol–water partition coefficient (Wildman–Crippen LogP) is 3.14. The maximum Gasteiger partial charge on any atom is 0.324 e. The number of urea groups is 1. The van der Waals surface area contributed by atoms with Gasteiger partial charge in [-0.3, -0.25) is 10.1 Å². The minimum atomic E-state index is -0.406. The number of carbonyl (C=O) groups is 2. The third-order valence-corrected chi connectivity index (χ3v) is 4.35. The Morgan fingerprint density at radius 1 is 1.14 bits per heavy atom. The van der Waals surface area contributed by atoms with Crippen molar-refractivity contribution < 1.29 is 9.59 Å². The van der Waals surface area contributed by atoms with Gasteiger partial charge in [-0.2, -0.15) is 5.10 Å². The molecule has 4 aromatic rings. The number of aldehydes is 1. The molecule has 144 valence electrons. The summed E-state index contributed by atoms with van der Waals surface area (Å²) in [6.07, 6.45) is 5.31. The van der Waals surface area contributed by atoms with Crippen LogP contribution in [0.5, 0.6) is 0 Å². The first-order chi connectivity index (χ1) is 14.0. The van der Waals surface area contributed by atoms with Crippen LogP contribution < -0.4 is 16.4 Å². The largest absolute Gasteiger partial charge is 0.382 e. The van der Waals surface area contributed by atoms with Gasteiger partial charge in [-0.25, -0.2) is 19.3 Å². The average Bonchev–Trinajstić information content (AvgIpc) is 3.08. The van der Waals surface area contributed by atoms with Gasteiger partial charge in [-0.1, -0.05) is 12.1 Å². The zero-order valence-electron chi connectivity index (χ0n) is 15.5. The number of benzene rings is 1. The molecular formula is C20H17N7O2. The number of nitrogens with zero attached hydrogens (tertiary/aromatic N) is 4. The lowest BCUT2D eigenvalue weighted by atomic mass is 10.0. The van der Waals surface area contributed by atoms with Gasteiger partial charge in [-0.15, -0.1) is 0 Å². The van der Waals surface area contributed by atoms with Crippen molar-refractivity contribution in [2.24, 2.45) is 0 Å². The third kappa shape index (κ3) is 3.61. The number of aromatic nitrogens is 4. The fourth-order valence-corrected chi connectivity index (χ4v) is 3.05. The fraction of sp³-hybridized carbons (Fsp3) is 0.0500. The van der Waals surface area contributed by atoms with Crippen molar-refractivity contribution in [3.63, 3.8) is 0 Å². The number of anilines is 3. The summed E-state index contributed by atoms with van der Waals surface area (Å²) in [5.41, 5.74) is 9.95. The molecule has 1 aromatic carbocycles. The van der Waals surface area contributed by atoms with Crippen LogP contribution in [0.25, 0.3) is 16.6 Å². The van der Waals surface area contributed by atoms with Crippen molar-refractivity contribution in [1.82, 2.24) is 19.6 Å². The first kappa shape index (κ1) is 18.1. The van der Waals surface area contributed by atoms with Crippen molar-refractivity contribution in [2.45, 2.75) is 6.92 Å². The summed E-state index contributed by atoms with van der Waals surface area (Å²) in [5, 5.41) is 9.52. The van der Waals surface area contributed by atoms with E-state index in [2.05, 4.69) is 25.7 Å². The van der Waals surface area contributed by atoms with E-state index in [1.54, 1.807) is 42.7 Å². The molecule has 0 fully saturated rings. The molecule has 4 N–H and O–H groups in total. The summed E-state index contributed by atoms with van der Waals surface area (Å²) in [6.45, 7) is 1.92. The van der Waals surface area contributed by atoms with Crippen LogP contribution in [0.2, 0.25) is 0 Å². The second-order valence-corrected chi connectivity index (χ2v) is 6.39. The van der Waals surface area contributed by atoms with Gasteiger partial charge < -0.3 is 11.1 Å². The summed E-state index contributed by atoms with van der Waals surface area (Å²) in [5.74, 6) is 0.737. The highest BCUT2D eigenvalue weighted by atomic mass is 16.2. The number of rotatable bonds is 4. The Bertz CT molecular complexity index is 1220. The number of hydrogen-bond acceptors (Lipinski definition) is 6. The minimum Gasteiger partial charge on any atom is -0.382 e. The van der Waals surface area contributed by atoms with Crippen molar-refractivity contribution in [3.8, 4) is 11.1 Å². The summed E-state index contributed by atoms with van der Waals surface area (Å²) in [7, 11) is 0. The molecule has 9 nitrogen and oxygen atoms in total. The number of aryl methyl sites for hydroxylation is 1. The van der Waals surface area contributed by atoms with E-state index in [4.69, 9.17) is 5.73 Å². The van der Waals surface area contributed by atoms with Gasteiger partial charge in [0.2, 0.25) is 0 Å². The summed E-state index contributed by atoms with van der Waals surface area (Å²) < 4.78 is 1.52. The molecule has 3 heterocycles. The number of amides is 2. The Kier molecular flexibility index (Phi) is 4.62. The Labute approximate surface area is 165 Å². The number of nitrogens with two attached hydrogens (primary N) is 1. The molecule has 2 amide bonds.